The van der Waals surface area contributed by atoms with Gasteiger partial charge in [0.05, 0.1) is 0 Å². The van der Waals surface area contributed by atoms with Gasteiger partial charge < -0.3 is 9.84 Å². The van der Waals surface area contributed by atoms with E-state index >= 15 is 0 Å². The van der Waals surface area contributed by atoms with Crippen molar-refractivity contribution in [2.24, 2.45) is 0 Å². The zero-order valence-electron chi connectivity index (χ0n) is 11.1. The Bertz CT molecular complexity index is 656. The number of aromatic hydroxyl groups is 1. The van der Waals surface area contributed by atoms with Crippen LogP contribution in [0.1, 0.15) is 19.4 Å². The summed E-state index contributed by atoms with van der Waals surface area (Å²) in [5, 5.41) is 11.4. The number of esters is 1. The van der Waals surface area contributed by atoms with Gasteiger partial charge in [0.2, 0.25) is 0 Å². The average Bonchev–Trinajstić information content (AvgIpc) is 2.41. The third kappa shape index (κ3) is 2.45. The Hall–Kier alpha value is -2.29. The molecule has 0 aliphatic heterocycles. The van der Waals surface area contributed by atoms with Crippen LogP contribution in [0.15, 0.2) is 42.5 Å². The Morgan fingerprint density at radius 3 is 2.53 bits per heavy atom. The second-order valence-electron chi connectivity index (χ2n) is 4.45. The van der Waals surface area contributed by atoms with Gasteiger partial charge in [-0.15, -0.1) is 0 Å². The minimum absolute atomic E-state index is 0.197. The fourth-order valence-electron chi connectivity index (χ4n) is 1.95. The predicted molar refractivity (Wildman–Crippen MR) is 75.4 cm³/mol. The highest BCUT2D eigenvalue weighted by Crippen LogP contribution is 2.36. The molecule has 0 spiro atoms. The monoisotopic (exact) mass is 256 g/mol. The lowest BCUT2D eigenvalue weighted by atomic mass is 10.0. The molecule has 0 heterocycles. The average molecular weight is 256 g/mol. The molecule has 2 rings (SSSR count). The fraction of sp³-hybridized carbons (Fsp3) is 0.188. The van der Waals surface area contributed by atoms with Gasteiger partial charge in [-0.1, -0.05) is 37.8 Å². The van der Waals surface area contributed by atoms with E-state index in [2.05, 4.69) is 6.58 Å². The smallest absolute Gasteiger partial charge is 0.338 e. The molecule has 3 heteroatoms. The summed E-state index contributed by atoms with van der Waals surface area (Å²) in [6, 6.07) is 8.94. The Labute approximate surface area is 112 Å². The van der Waals surface area contributed by atoms with Gasteiger partial charge in [0.25, 0.3) is 0 Å². The van der Waals surface area contributed by atoms with Crippen molar-refractivity contribution >= 4 is 16.7 Å². The third-order valence-electron chi connectivity index (χ3n) is 2.97. The van der Waals surface area contributed by atoms with E-state index in [4.69, 9.17) is 4.74 Å². The Kier molecular flexibility index (Phi) is 3.56. The molecule has 0 aromatic heterocycles. The van der Waals surface area contributed by atoms with Gasteiger partial charge in [-0.2, -0.15) is 0 Å². The van der Waals surface area contributed by atoms with E-state index < -0.39 is 5.97 Å². The molecule has 0 aliphatic carbocycles. The second kappa shape index (κ2) is 5.14. The van der Waals surface area contributed by atoms with Crippen LogP contribution in [0.3, 0.4) is 0 Å². The van der Waals surface area contributed by atoms with Crippen LogP contribution in [0.5, 0.6) is 11.5 Å². The van der Waals surface area contributed by atoms with Gasteiger partial charge in [0.15, 0.2) is 0 Å². The van der Waals surface area contributed by atoms with Gasteiger partial charge in [-0.3, -0.25) is 0 Å². The van der Waals surface area contributed by atoms with Gasteiger partial charge >= 0.3 is 5.97 Å². The highest BCUT2D eigenvalue weighted by molar-refractivity contribution is 5.97. The highest BCUT2D eigenvalue weighted by Gasteiger charge is 2.15. The highest BCUT2D eigenvalue weighted by atomic mass is 16.5. The van der Waals surface area contributed by atoms with E-state index in [0.717, 1.165) is 10.9 Å². The van der Waals surface area contributed by atoms with E-state index in [-0.39, 0.29) is 5.75 Å². The first-order valence-corrected chi connectivity index (χ1v) is 6.15. The zero-order valence-corrected chi connectivity index (χ0v) is 11.1. The standard InChI is InChI=1S/C16H16O3/c1-4-11-9-14(17)12-7-5-6-8-13(12)15(11)19-16(18)10(2)3/h5-9,17H,2,4H2,1,3H3. The maximum Gasteiger partial charge on any atom is 0.338 e. The lowest BCUT2D eigenvalue weighted by Gasteiger charge is -2.13. The number of fused-ring (bicyclic) bond motifs is 1. The maximum atomic E-state index is 11.7. The number of hydrogen-bond donors (Lipinski definition) is 1. The number of carbonyl (C=O) groups excluding carboxylic acids is 1. The van der Waals surface area contributed by atoms with E-state index in [9.17, 15) is 9.90 Å². The molecule has 19 heavy (non-hydrogen) atoms. The molecule has 0 saturated heterocycles. The number of benzene rings is 2. The summed E-state index contributed by atoms with van der Waals surface area (Å²) in [7, 11) is 0. The quantitative estimate of drug-likeness (QED) is 0.518. The molecule has 98 valence electrons. The molecule has 3 nitrogen and oxygen atoms in total. The van der Waals surface area contributed by atoms with E-state index in [1.807, 2.05) is 25.1 Å². The summed E-state index contributed by atoms with van der Waals surface area (Å²) in [4.78, 5) is 11.7. The molecule has 0 unspecified atom stereocenters. The molecule has 0 bridgehead atoms. The van der Waals surface area contributed by atoms with Crippen molar-refractivity contribution in [2.45, 2.75) is 20.3 Å². The Balaban J connectivity index is 2.66. The van der Waals surface area contributed by atoms with Crippen LogP contribution in [-0.2, 0) is 11.2 Å². The molecule has 0 atom stereocenters. The van der Waals surface area contributed by atoms with Crippen LogP contribution in [0.4, 0.5) is 0 Å². The summed E-state index contributed by atoms with van der Waals surface area (Å²) in [5.74, 6) is 0.247. The van der Waals surface area contributed by atoms with Crippen LogP contribution in [0.2, 0.25) is 0 Å². The number of carbonyl (C=O) groups is 1. The number of ether oxygens (including phenoxy) is 1. The van der Waals surface area contributed by atoms with Gasteiger partial charge in [0.1, 0.15) is 11.5 Å². The topological polar surface area (TPSA) is 46.5 Å². The molecular formula is C16H16O3. The predicted octanol–water partition coefficient (Wildman–Crippen LogP) is 3.59. The number of phenolic OH excluding ortho intramolecular Hbond substituents is 1. The number of phenols is 1. The molecule has 0 aliphatic rings. The minimum atomic E-state index is -0.453. The summed E-state index contributed by atoms with van der Waals surface area (Å²) < 4.78 is 5.42. The van der Waals surface area contributed by atoms with Crippen molar-refractivity contribution < 1.29 is 14.6 Å². The molecule has 1 N–H and O–H groups in total. The maximum absolute atomic E-state index is 11.7. The molecular weight excluding hydrogens is 240 g/mol. The van der Waals surface area contributed by atoms with Gasteiger partial charge in [-0.25, -0.2) is 4.79 Å². The second-order valence-corrected chi connectivity index (χ2v) is 4.45. The van der Waals surface area contributed by atoms with Crippen molar-refractivity contribution in [2.75, 3.05) is 0 Å². The molecule has 0 fully saturated rings. The summed E-state index contributed by atoms with van der Waals surface area (Å²) >= 11 is 0. The van der Waals surface area contributed by atoms with Gasteiger partial charge in [0, 0.05) is 16.3 Å². The first-order valence-electron chi connectivity index (χ1n) is 6.15. The van der Waals surface area contributed by atoms with Crippen molar-refractivity contribution in [3.8, 4) is 11.5 Å². The lowest BCUT2D eigenvalue weighted by Crippen LogP contribution is -2.10. The number of aryl methyl sites for hydroxylation is 1. The Morgan fingerprint density at radius 1 is 1.32 bits per heavy atom. The SMILES string of the molecule is C=C(C)C(=O)Oc1c(CC)cc(O)c2ccccc12. The normalized spacial score (nSPS) is 10.4. The molecule has 0 amide bonds. The van der Waals surface area contributed by atoms with Crippen LogP contribution in [0, 0.1) is 0 Å². The van der Waals surface area contributed by atoms with Crippen LogP contribution in [0.25, 0.3) is 10.8 Å². The molecule has 0 radical (unpaired) electrons. The van der Waals surface area contributed by atoms with Crippen molar-refractivity contribution in [3.05, 3.63) is 48.0 Å². The lowest BCUT2D eigenvalue weighted by molar-refractivity contribution is -0.130. The van der Waals surface area contributed by atoms with Crippen molar-refractivity contribution in [3.63, 3.8) is 0 Å². The van der Waals surface area contributed by atoms with E-state index in [1.165, 1.54) is 0 Å². The van der Waals surface area contributed by atoms with Crippen molar-refractivity contribution in [1.29, 1.82) is 0 Å². The van der Waals surface area contributed by atoms with E-state index in [0.29, 0.717) is 23.1 Å². The van der Waals surface area contributed by atoms with Crippen molar-refractivity contribution in [1.82, 2.24) is 0 Å². The Morgan fingerprint density at radius 2 is 1.95 bits per heavy atom. The summed E-state index contributed by atoms with van der Waals surface area (Å²) in [5.41, 5.74) is 1.14. The first kappa shape index (κ1) is 13.1. The molecule has 2 aromatic rings. The minimum Gasteiger partial charge on any atom is -0.507 e. The first-order chi connectivity index (χ1) is 9.04. The van der Waals surface area contributed by atoms with E-state index in [1.54, 1.807) is 19.1 Å². The molecule has 0 saturated carbocycles. The summed E-state index contributed by atoms with van der Waals surface area (Å²) in [6.07, 6.45) is 0.664. The number of hydrogen-bond acceptors (Lipinski definition) is 3. The third-order valence-corrected chi connectivity index (χ3v) is 2.97. The van der Waals surface area contributed by atoms with Crippen LogP contribution in [-0.4, -0.2) is 11.1 Å². The summed E-state index contributed by atoms with van der Waals surface area (Å²) in [6.45, 7) is 7.13. The zero-order chi connectivity index (χ0) is 14.0. The van der Waals surface area contributed by atoms with Gasteiger partial charge in [-0.05, 0) is 25.0 Å². The van der Waals surface area contributed by atoms with Crippen LogP contribution >= 0.6 is 0 Å². The van der Waals surface area contributed by atoms with Crippen LogP contribution < -0.4 is 4.74 Å². The largest absolute Gasteiger partial charge is 0.507 e. The number of rotatable bonds is 3. The molecule has 2 aromatic carbocycles. The fourth-order valence-corrected chi connectivity index (χ4v) is 1.95.